The second kappa shape index (κ2) is 12.7. The van der Waals surface area contributed by atoms with Gasteiger partial charge in [-0.1, -0.05) is 37.3 Å². The molecular formula is C25H37N3O3. The lowest BCUT2D eigenvalue weighted by Crippen LogP contribution is -2.49. The molecule has 3 rings (SSSR count). The fourth-order valence-electron chi connectivity index (χ4n) is 3.94. The number of para-hydroxylation sites is 1. The minimum absolute atomic E-state index is 0.318. The SMILES string of the molecule is CCN1CCN(C[C@H](O)COc2cccc(CNCCc3ccccc3OC)c2)CC1. The largest absolute Gasteiger partial charge is 0.496 e. The van der Waals surface area contributed by atoms with Gasteiger partial charge in [-0.25, -0.2) is 0 Å². The molecule has 1 aliphatic rings. The smallest absolute Gasteiger partial charge is 0.122 e. The zero-order valence-corrected chi connectivity index (χ0v) is 18.9. The summed E-state index contributed by atoms with van der Waals surface area (Å²) < 4.78 is 11.3. The molecule has 1 saturated heterocycles. The number of ether oxygens (including phenoxy) is 2. The first-order chi connectivity index (χ1) is 15.2. The van der Waals surface area contributed by atoms with Gasteiger partial charge in [0.05, 0.1) is 7.11 Å². The van der Waals surface area contributed by atoms with Crippen LogP contribution in [0, 0.1) is 0 Å². The molecule has 0 aliphatic carbocycles. The minimum atomic E-state index is -0.476. The van der Waals surface area contributed by atoms with Crippen molar-refractivity contribution in [2.45, 2.75) is 26.0 Å². The third kappa shape index (κ3) is 7.82. The molecular weight excluding hydrogens is 390 g/mol. The summed E-state index contributed by atoms with van der Waals surface area (Å²) in [6, 6.07) is 16.2. The molecule has 0 spiro atoms. The molecule has 0 amide bonds. The van der Waals surface area contributed by atoms with Gasteiger partial charge in [-0.15, -0.1) is 0 Å². The van der Waals surface area contributed by atoms with Crippen LogP contribution < -0.4 is 14.8 Å². The molecule has 1 aliphatic heterocycles. The van der Waals surface area contributed by atoms with Gasteiger partial charge >= 0.3 is 0 Å². The number of piperazine rings is 1. The normalized spacial score (nSPS) is 16.2. The van der Waals surface area contributed by atoms with Crippen LogP contribution in [0.2, 0.25) is 0 Å². The third-order valence-corrected chi connectivity index (χ3v) is 5.81. The van der Waals surface area contributed by atoms with Gasteiger partial charge < -0.3 is 24.8 Å². The van der Waals surface area contributed by atoms with Crippen LogP contribution in [0.1, 0.15) is 18.1 Å². The van der Waals surface area contributed by atoms with Gasteiger partial charge in [0.25, 0.3) is 0 Å². The average Bonchev–Trinajstić information content (AvgIpc) is 2.81. The summed E-state index contributed by atoms with van der Waals surface area (Å²) in [7, 11) is 1.71. The molecule has 1 atom stereocenters. The molecule has 1 heterocycles. The summed E-state index contributed by atoms with van der Waals surface area (Å²) in [5.74, 6) is 1.74. The number of aliphatic hydroxyl groups is 1. The van der Waals surface area contributed by atoms with Gasteiger partial charge in [0.1, 0.15) is 24.2 Å². The highest BCUT2D eigenvalue weighted by atomic mass is 16.5. The Bertz CT molecular complexity index is 778. The maximum absolute atomic E-state index is 10.4. The molecule has 2 aromatic rings. The van der Waals surface area contributed by atoms with Crippen LogP contribution in [-0.4, -0.2) is 80.5 Å². The van der Waals surface area contributed by atoms with Crippen LogP contribution >= 0.6 is 0 Å². The molecule has 0 aromatic heterocycles. The molecule has 0 saturated carbocycles. The van der Waals surface area contributed by atoms with E-state index >= 15 is 0 Å². The van der Waals surface area contributed by atoms with E-state index in [9.17, 15) is 5.11 Å². The van der Waals surface area contributed by atoms with Gasteiger partial charge in [0.2, 0.25) is 0 Å². The van der Waals surface area contributed by atoms with Crippen molar-refractivity contribution in [3.05, 3.63) is 59.7 Å². The number of benzene rings is 2. The van der Waals surface area contributed by atoms with Crippen molar-refractivity contribution >= 4 is 0 Å². The lowest BCUT2D eigenvalue weighted by molar-refractivity contribution is 0.0471. The first-order valence-corrected chi connectivity index (χ1v) is 11.3. The van der Waals surface area contributed by atoms with Gasteiger partial charge in [-0.05, 0) is 48.8 Å². The second-order valence-corrected chi connectivity index (χ2v) is 8.09. The Morgan fingerprint density at radius 1 is 1.03 bits per heavy atom. The van der Waals surface area contributed by atoms with Gasteiger partial charge in [-0.3, -0.25) is 4.90 Å². The van der Waals surface area contributed by atoms with E-state index in [0.717, 1.165) is 63.7 Å². The van der Waals surface area contributed by atoms with Crippen molar-refractivity contribution < 1.29 is 14.6 Å². The molecule has 6 heteroatoms. The Hall–Kier alpha value is -2.12. The van der Waals surface area contributed by atoms with Gasteiger partial charge in [0.15, 0.2) is 0 Å². The number of hydrogen-bond acceptors (Lipinski definition) is 6. The molecule has 2 N–H and O–H groups in total. The van der Waals surface area contributed by atoms with Crippen LogP contribution in [0.3, 0.4) is 0 Å². The van der Waals surface area contributed by atoms with Crippen molar-refractivity contribution in [2.75, 3.05) is 59.5 Å². The Morgan fingerprint density at radius 2 is 1.81 bits per heavy atom. The number of aliphatic hydroxyl groups excluding tert-OH is 1. The van der Waals surface area contributed by atoms with Crippen molar-refractivity contribution in [1.82, 2.24) is 15.1 Å². The standard InChI is InChI=1S/C25H37N3O3/c1-3-27-13-15-28(16-14-27)19-23(29)20-31-24-9-6-7-21(17-24)18-26-12-11-22-8-4-5-10-25(22)30-2/h4-10,17,23,26,29H,3,11-16,18-20H2,1-2H3/t23-/m0/s1. The van der Waals surface area contributed by atoms with E-state index < -0.39 is 6.10 Å². The number of nitrogens with one attached hydrogen (secondary N) is 1. The van der Waals surface area contributed by atoms with Gasteiger partial charge in [0, 0.05) is 39.3 Å². The van der Waals surface area contributed by atoms with E-state index in [-0.39, 0.29) is 0 Å². The zero-order valence-electron chi connectivity index (χ0n) is 18.9. The highest BCUT2D eigenvalue weighted by Gasteiger charge is 2.18. The molecule has 170 valence electrons. The van der Waals surface area contributed by atoms with Crippen LogP contribution in [0.25, 0.3) is 0 Å². The zero-order chi connectivity index (χ0) is 21.9. The predicted octanol–water partition coefficient (Wildman–Crippen LogP) is 2.40. The summed E-state index contributed by atoms with van der Waals surface area (Å²) in [6.07, 6.45) is 0.439. The Kier molecular flexibility index (Phi) is 9.62. The van der Waals surface area contributed by atoms with E-state index in [0.29, 0.717) is 13.2 Å². The summed E-state index contributed by atoms with van der Waals surface area (Å²) >= 11 is 0. The van der Waals surface area contributed by atoms with Crippen LogP contribution in [0.5, 0.6) is 11.5 Å². The Morgan fingerprint density at radius 3 is 2.58 bits per heavy atom. The number of nitrogens with zero attached hydrogens (tertiary/aromatic N) is 2. The fourth-order valence-corrected chi connectivity index (χ4v) is 3.94. The highest BCUT2D eigenvalue weighted by molar-refractivity contribution is 5.33. The van der Waals surface area contributed by atoms with E-state index in [1.807, 2.05) is 36.4 Å². The average molecular weight is 428 g/mol. The Labute approximate surface area is 186 Å². The molecule has 1 fully saturated rings. The van der Waals surface area contributed by atoms with Crippen LogP contribution in [0.4, 0.5) is 0 Å². The molecule has 6 nitrogen and oxygen atoms in total. The number of likely N-dealkylation sites (N-methyl/N-ethyl adjacent to an activating group) is 1. The number of methoxy groups -OCH3 is 1. The fraction of sp³-hybridized carbons (Fsp3) is 0.520. The number of rotatable bonds is 12. The quantitative estimate of drug-likeness (QED) is 0.508. The van der Waals surface area contributed by atoms with Gasteiger partial charge in [-0.2, -0.15) is 0 Å². The first-order valence-electron chi connectivity index (χ1n) is 11.3. The van der Waals surface area contributed by atoms with Crippen LogP contribution in [-0.2, 0) is 13.0 Å². The molecule has 2 aromatic carbocycles. The molecule has 31 heavy (non-hydrogen) atoms. The van der Waals surface area contributed by atoms with E-state index in [2.05, 4.69) is 34.2 Å². The Balaban J connectivity index is 1.36. The summed E-state index contributed by atoms with van der Waals surface area (Å²) in [6.45, 7) is 10.1. The number of β-amino-alcohol motifs (C(OH)–C–C–N with tert-alkyl or cyclic N) is 1. The van der Waals surface area contributed by atoms with Crippen molar-refractivity contribution in [3.63, 3.8) is 0 Å². The minimum Gasteiger partial charge on any atom is -0.496 e. The molecule has 0 bridgehead atoms. The summed E-state index contributed by atoms with van der Waals surface area (Å²) in [5, 5.41) is 13.9. The summed E-state index contributed by atoms with van der Waals surface area (Å²) in [5.41, 5.74) is 2.38. The molecule has 0 unspecified atom stereocenters. The van der Waals surface area contributed by atoms with E-state index in [4.69, 9.17) is 9.47 Å². The summed E-state index contributed by atoms with van der Waals surface area (Å²) in [4.78, 5) is 4.76. The second-order valence-electron chi connectivity index (χ2n) is 8.09. The van der Waals surface area contributed by atoms with E-state index in [1.165, 1.54) is 11.1 Å². The maximum atomic E-state index is 10.4. The lowest BCUT2D eigenvalue weighted by atomic mass is 10.1. The maximum Gasteiger partial charge on any atom is 0.122 e. The first kappa shape index (κ1) is 23.5. The van der Waals surface area contributed by atoms with Crippen molar-refractivity contribution in [1.29, 1.82) is 0 Å². The number of hydrogen-bond donors (Lipinski definition) is 2. The van der Waals surface area contributed by atoms with Crippen molar-refractivity contribution in [2.24, 2.45) is 0 Å². The monoisotopic (exact) mass is 427 g/mol. The predicted molar refractivity (Wildman–Crippen MR) is 125 cm³/mol. The highest BCUT2D eigenvalue weighted by Crippen LogP contribution is 2.17. The third-order valence-electron chi connectivity index (χ3n) is 5.81. The van der Waals surface area contributed by atoms with Crippen LogP contribution in [0.15, 0.2) is 48.5 Å². The topological polar surface area (TPSA) is 57.2 Å². The van der Waals surface area contributed by atoms with E-state index in [1.54, 1.807) is 7.11 Å². The van der Waals surface area contributed by atoms with Crippen molar-refractivity contribution in [3.8, 4) is 11.5 Å². The lowest BCUT2D eigenvalue weighted by Gasteiger charge is -2.34. The molecule has 0 radical (unpaired) electrons.